The van der Waals surface area contributed by atoms with Crippen LogP contribution >= 0.6 is 24.2 Å². The summed E-state index contributed by atoms with van der Waals surface area (Å²) >= 11 is 10.3. The molecule has 0 amide bonds. The number of ether oxygens (including phenoxy) is 1. The number of fused-ring (bicyclic) bond motifs is 1. The largest absolute Gasteiger partial charge is 0.381 e. The zero-order valence-corrected chi connectivity index (χ0v) is 11.7. The Labute approximate surface area is 120 Å². The third kappa shape index (κ3) is 2.13. The average Bonchev–Trinajstić information content (AvgIpc) is 2.70. The SMILES string of the molecule is O=Cc1c(S)n(C2CCOCC2)c2nc(Cl)ncc12. The van der Waals surface area contributed by atoms with Gasteiger partial charge in [0.15, 0.2) is 6.29 Å². The number of nitrogens with zero attached hydrogens (tertiary/aromatic N) is 3. The van der Waals surface area contributed by atoms with Crippen LogP contribution in [0.4, 0.5) is 0 Å². The standard InChI is InChI=1S/C12H12ClN3O2S/c13-12-14-5-8-9(6-17)11(19)16(10(8)15-12)7-1-3-18-4-2-7/h5-7,19H,1-4H2. The topological polar surface area (TPSA) is 57.0 Å². The highest BCUT2D eigenvalue weighted by Gasteiger charge is 2.24. The van der Waals surface area contributed by atoms with Gasteiger partial charge < -0.3 is 9.30 Å². The smallest absolute Gasteiger partial charge is 0.224 e. The lowest BCUT2D eigenvalue weighted by Gasteiger charge is -2.25. The maximum Gasteiger partial charge on any atom is 0.224 e. The fraction of sp³-hybridized carbons (Fsp3) is 0.417. The zero-order chi connectivity index (χ0) is 13.4. The minimum absolute atomic E-state index is 0.170. The van der Waals surface area contributed by atoms with Crippen molar-refractivity contribution in [3.8, 4) is 0 Å². The maximum absolute atomic E-state index is 11.2. The molecule has 0 bridgehead atoms. The Morgan fingerprint density at radius 2 is 2.21 bits per heavy atom. The number of aldehydes is 1. The van der Waals surface area contributed by atoms with Crippen LogP contribution in [0.2, 0.25) is 5.28 Å². The van der Waals surface area contributed by atoms with E-state index < -0.39 is 0 Å². The van der Waals surface area contributed by atoms with Crippen LogP contribution in [0.3, 0.4) is 0 Å². The third-order valence-electron chi connectivity index (χ3n) is 3.40. The van der Waals surface area contributed by atoms with E-state index in [0.29, 0.717) is 34.8 Å². The maximum atomic E-state index is 11.2. The van der Waals surface area contributed by atoms with Crippen molar-refractivity contribution in [3.63, 3.8) is 0 Å². The fourth-order valence-corrected chi connectivity index (χ4v) is 3.04. The Kier molecular flexibility index (Phi) is 3.47. The summed E-state index contributed by atoms with van der Waals surface area (Å²) in [6.07, 6.45) is 4.11. The van der Waals surface area contributed by atoms with Gasteiger partial charge in [0.1, 0.15) is 5.65 Å². The van der Waals surface area contributed by atoms with Crippen LogP contribution in [-0.2, 0) is 4.74 Å². The molecule has 1 aliphatic rings. The number of aromatic nitrogens is 3. The van der Waals surface area contributed by atoms with Crippen LogP contribution in [0.15, 0.2) is 11.2 Å². The second-order valence-corrected chi connectivity index (χ2v) is 5.21. The van der Waals surface area contributed by atoms with Gasteiger partial charge in [0, 0.05) is 30.8 Å². The molecule has 100 valence electrons. The van der Waals surface area contributed by atoms with Gasteiger partial charge in [-0.05, 0) is 24.4 Å². The number of halogens is 1. The molecule has 0 aromatic carbocycles. The first kappa shape index (κ1) is 12.9. The Morgan fingerprint density at radius 3 is 2.89 bits per heavy atom. The molecule has 7 heteroatoms. The van der Waals surface area contributed by atoms with E-state index in [1.807, 2.05) is 4.57 Å². The van der Waals surface area contributed by atoms with Gasteiger partial charge in [-0.1, -0.05) is 0 Å². The van der Waals surface area contributed by atoms with Gasteiger partial charge in [-0.3, -0.25) is 4.79 Å². The first-order valence-corrected chi connectivity index (χ1v) is 6.83. The molecule has 0 saturated carbocycles. The highest BCUT2D eigenvalue weighted by molar-refractivity contribution is 7.80. The molecule has 0 radical (unpaired) electrons. The highest BCUT2D eigenvalue weighted by atomic mass is 35.5. The molecule has 1 saturated heterocycles. The number of rotatable bonds is 2. The third-order valence-corrected chi connectivity index (χ3v) is 4.04. The normalized spacial score (nSPS) is 16.9. The summed E-state index contributed by atoms with van der Waals surface area (Å²) in [6.45, 7) is 1.40. The molecule has 3 heterocycles. The van der Waals surface area contributed by atoms with Gasteiger partial charge in [-0.15, -0.1) is 12.6 Å². The fourth-order valence-electron chi connectivity index (χ4n) is 2.48. The van der Waals surface area contributed by atoms with Gasteiger partial charge in [0.25, 0.3) is 0 Å². The lowest BCUT2D eigenvalue weighted by Crippen LogP contribution is -2.20. The Morgan fingerprint density at radius 1 is 1.47 bits per heavy atom. The van der Waals surface area contributed by atoms with Gasteiger partial charge in [-0.25, -0.2) is 4.98 Å². The Bertz CT molecular complexity index is 637. The van der Waals surface area contributed by atoms with Crippen molar-refractivity contribution in [3.05, 3.63) is 17.0 Å². The number of thiol groups is 1. The first-order valence-electron chi connectivity index (χ1n) is 6.00. The minimum atomic E-state index is 0.170. The van der Waals surface area contributed by atoms with Crippen molar-refractivity contribution in [2.24, 2.45) is 0 Å². The van der Waals surface area contributed by atoms with E-state index in [4.69, 9.17) is 16.3 Å². The lowest BCUT2D eigenvalue weighted by atomic mass is 10.1. The van der Waals surface area contributed by atoms with Crippen molar-refractivity contribution in [1.29, 1.82) is 0 Å². The van der Waals surface area contributed by atoms with E-state index >= 15 is 0 Å². The molecule has 2 aromatic heterocycles. The predicted octanol–water partition coefficient (Wildman–Crippen LogP) is 2.54. The Hall–Kier alpha value is -1.11. The van der Waals surface area contributed by atoms with E-state index in [1.54, 1.807) is 6.20 Å². The summed E-state index contributed by atoms with van der Waals surface area (Å²) in [5, 5.41) is 1.48. The number of hydrogen-bond donors (Lipinski definition) is 1. The molecular formula is C12H12ClN3O2S. The van der Waals surface area contributed by atoms with Crippen LogP contribution in [-0.4, -0.2) is 34.0 Å². The van der Waals surface area contributed by atoms with Crippen molar-refractivity contribution in [2.45, 2.75) is 23.9 Å². The van der Waals surface area contributed by atoms with Crippen LogP contribution in [0.1, 0.15) is 29.2 Å². The molecule has 0 atom stereocenters. The second-order valence-electron chi connectivity index (χ2n) is 4.44. The van der Waals surface area contributed by atoms with Crippen LogP contribution < -0.4 is 0 Å². The summed E-state index contributed by atoms with van der Waals surface area (Å²) in [5.74, 6) is 0. The van der Waals surface area contributed by atoms with E-state index in [9.17, 15) is 4.79 Å². The van der Waals surface area contributed by atoms with Gasteiger partial charge >= 0.3 is 0 Å². The summed E-state index contributed by atoms with van der Waals surface area (Å²) in [6, 6.07) is 0.225. The zero-order valence-electron chi connectivity index (χ0n) is 10.0. The van der Waals surface area contributed by atoms with Crippen molar-refractivity contribution >= 4 is 41.5 Å². The minimum Gasteiger partial charge on any atom is -0.381 e. The van der Waals surface area contributed by atoms with E-state index in [0.717, 1.165) is 19.1 Å². The van der Waals surface area contributed by atoms with Crippen molar-refractivity contribution in [1.82, 2.24) is 14.5 Å². The molecule has 0 spiro atoms. The van der Waals surface area contributed by atoms with Gasteiger partial charge in [-0.2, -0.15) is 4.98 Å². The highest BCUT2D eigenvalue weighted by Crippen LogP contribution is 2.33. The number of carbonyl (C=O) groups excluding carboxylic acids is 1. The molecular weight excluding hydrogens is 286 g/mol. The summed E-state index contributed by atoms with van der Waals surface area (Å²) < 4.78 is 7.33. The van der Waals surface area contributed by atoms with Crippen LogP contribution in [0.25, 0.3) is 11.0 Å². The summed E-state index contributed by atoms with van der Waals surface area (Å²) in [5.41, 5.74) is 1.18. The quantitative estimate of drug-likeness (QED) is 0.526. The molecule has 3 rings (SSSR count). The molecule has 1 fully saturated rings. The van der Waals surface area contributed by atoms with E-state index in [1.165, 1.54) is 0 Å². The molecule has 0 aliphatic carbocycles. The second kappa shape index (κ2) is 5.11. The predicted molar refractivity (Wildman–Crippen MR) is 74.3 cm³/mol. The number of carbonyl (C=O) groups is 1. The van der Waals surface area contributed by atoms with Crippen LogP contribution in [0.5, 0.6) is 0 Å². The lowest BCUT2D eigenvalue weighted by molar-refractivity contribution is 0.0686. The summed E-state index contributed by atoms with van der Waals surface area (Å²) in [7, 11) is 0. The Balaban J connectivity index is 2.23. The van der Waals surface area contributed by atoms with Gasteiger partial charge in [0.05, 0.1) is 10.6 Å². The average molecular weight is 298 g/mol. The van der Waals surface area contributed by atoms with Crippen molar-refractivity contribution in [2.75, 3.05) is 13.2 Å². The molecule has 2 aromatic rings. The van der Waals surface area contributed by atoms with E-state index in [-0.39, 0.29) is 11.3 Å². The number of hydrogen-bond acceptors (Lipinski definition) is 5. The molecule has 0 unspecified atom stereocenters. The molecule has 0 N–H and O–H groups in total. The molecule has 1 aliphatic heterocycles. The van der Waals surface area contributed by atoms with E-state index in [2.05, 4.69) is 22.6 Å². The van der Waals surface area contributed by atoms with Gasteiger partial charge in [0.2, 0.25) is 5.28 Å². The molecule has 19 heavy (non-hydrogen) atoms. The molecule has 5 nitrogen and oxygen atoms in total. The summed E-state index contributed by atoms with van der Waals surface area (Å²) in [4.78, 5) is 19.4. The van der Waals surface area contributed by atoms with Crippen LogP contribution in [0, 0.1) is 0 Å². The first-order chi connectivity index (χ1) is 9.22. The van der Waals surface area contributed by atoms with Crippen molar-refractivity contribution < 1.29 is 9.53 Å². The monoisotopic (exact) mass is 297 g/mol.